The summed E-state index contributed by atoms with van der Waals surface area (Å²) in [6.45, 7) is 1.43. The Morgan fingerprint density at radius 3 is 2.85 bits per heavy atom. The van der Waals surface area contributed by atoms with Crippen LogP contribution in [-0.4, -0.2) is 28.9 Å². The molecule has 0 aromatic heterocycles. The van der Waals surface area contributed by atoms with Crippen molar-refractivity contribution in [1.29, 1.82) is 0 Å². The first-order valence-electron chi connectivity index (χ1n) is 6.61. The molecule has 1 atom stereocenters. The highest BCUT2D eigenvalue weighted by atomic mass is 35.5. The van der Waals surface area contributed by atoms with Crippen molar-refractivity contribution < 1.29 is 5.11 Å². The summed E-state index contributed by atoms with van der Waals surface area (Å²) in [4.78, 5) is 6.49. The molecule has 3 nitrogen and oxygen atoms in total. The molecule has 2 aromatic carbocycles. The maximum absolute atomic E-state index is 11.4. The summed E-state index contributed by atoms with van der Waals surface area (Å²) in [6, 6.07) is 15.3. The van der Waals surface area contributed by atoms with Gasteiger partial charge in [-0.25, -0.2) is 0 Å². The molecule has 0 fully saturated rings. The maximum Gasteiger partial charge on any atom is 0.193 e. The summed E-state index contributed by atoms with van der Waals surface area (Å²) in [7, 11) is 0. The number of nitrogens with zero attached hydrogens (tertiary/aromatic N) is 2. The van der Waals surface area contributed by atoms with E-state index >= 15 is 0 Å². The number of halogens is 1. The molecule has 0 radical (unpaired) electrons. The Balaban J connectivity index is 1.99. The molecule has 2 aliphatic heterocycles. The maximum atomic E-state index is 11.4. The Labute approximate surface area is 122 Å². The van der Waals surface area contributed by atoms with Crippen molar-refractivity contribution >= 4 is 17.4 Å². The second-order valence-corrected chi connectivity index (χ2v) is 5.52. The smallest absolute Gasteiger partial charge is 0.193 e. The predicted molar refractivity (Wildman–Crippen MR) is 79.0 cm³/mol. The molecule has 1 N–H and O–H groups in total. The predicted octanol–water partition coefficient (Wildman–Crippen LogP) is 2.61. The van der Waals surface area contributed by atoms with Gasteiger partial charge in [-0.15, -0.1) is 0 Å². The molecule has 4 rings (SSSR count). The van der Waals surface area contributed by atoms with Gasteiger partial charge in [0.15, 0.2) is 5.72 Å². The van der Waals surface area contributed by atoms with E-state index in [4.69, 9.17) is 11.6 Å². The number of rotatable bonds is 1. The minimum atomic E-state index is -1.17. The third-order valence-electron chi connectivity index (χ3n) is 4.00. The third-order valence-corrected chi connectivity index (χ3v) is 4.24. The lowest BCUT2D eigenvalue weighted by molar-refractivity contribution is -0.0242. The number of amidine groups is 1. The monoisotopic (exact) mass is 284 g/mol. The van der Waals surface area contributed by atoms with Gasteiger partial charge >= 0.3 is 0 Å². The second kappa shape index (κ2) is 4.08. The van der Waals surface area contributed by atoms with Gasteiger partial charge < -0.3 is 10.0 Å². The molecule has 0 spiro atoms. The highest BCUT2D eigenvalue weighted by molar-refractivity contribution is 6.30. The second-order valence-electron chi connectivity index (χ2n) is 5.09. The Morgan fingerprint density at radius 2 is 2.00 bits per heavy atom. The van der Waals surface area contributed by atoms with E-state index in [9.17, 15) is 5.11 Å². The minimum absolute atomic E-state index is 0.623. The van der Waals surface area contributed by atoms with Crippen LogP contribution in [0.15, 0.2) is 53.5 Å². The van der Waals surface area contributed by atoms with Crippen LogP contribution in [0, 0.1) is 0 Å². The van der Waals surface area contributed by atoms with Crippen LogP contribution in [0.1, 0.15) is 16.7 Å². The van der Waals surface area contributed by atoms with Gasteiger partial charge in [0.05, 0.1) is 6.54 Å². The Bertz CT molecular complexity index is 728. The molecule has 2 aliphatic rings. The SMILES string of the molecule is O[C@]1(c2cccc(Cl)c2)c2ccccc2C2=NCCN21. The van der Waals surface area contributed by atoms with E-state index in [2.05, 4.69) is 4.99 Å². The first-order valence-corrected chi connectivity index (χ1v) is 6.99. The standard InChI is InChI=1S/C16H13ClN2O/c17-12-5-3-4-11(10-12)16(20)14-7-2-1-6-13(14)15-18-8-9-19(15)16/h1-7,10,20H,8-9H2/t16-/m1/s1. The lowest BCUT2D eigenvalue weighted by Crippen LogP contribution is -2.43. The van der Waals surface area contributed by atoms with Crippen molar-refractivity contribution in [3.63, 3.8) is 0 Å². The fourth-order valence-electron chi connectivity index (χ4n) is 3.14. The van der Waals surface area contributed by atoms with Crippen molar-refractivity contribution in [1.82, 2.24) is 4.90 Å². The van der Waals surface area contributed by atoms with Gasteiger partial charge in [0.1, 0.15) is 5.84 Å². The molecule has 0 saturated heterocycles. The zero-order valence-corrected chi connectivity index (χ0v) is 11.5. The molecular weight excluding hydrogens is 272 g/mol. The van der Waals surface area contributed by atoms with Crippen LogP contribution < -0.4 is 0 Å². The molecule has 0 aliphatic carbocycles. The summed E-state index contributed by atoms with van der Waals surface area (Å²) in [6.07, 6.45) is 0. The van der Waals surface area contributed by atoms with E-state index in [1.165, 1.54) is 0 Å². The summed E-state index contributed by atoms with van der Waals surface area (Å²) >= 11 is 6.10. The van der Waals surface area contributed by atoms with Gasteiger partial charge in [-0.05, 0) is 12.1 Å². The lowest BCUT2D eigenvalue weighted by atomic mass is 9.93. The Kier molecular flexibility index (Phi) is 2.43. The van der Waals surface area contributed by atoms with Crippen molar-refractivity contribution in [2.75, 3.05) is 13.1 Å². The number of hydrogen-bond donors (Lipinski definition) is 1. The Hall–Kier alpha value is -1.84. The van der Waals surface area contributed by atoms with Crippen LogP contribution in [0.5, 0.6) is 0 Å². The van der Waals surface area contributed by atoms with E-state index < -0.39 is 5.72 Å². The van der Waals surface area contributed by atoms with E-state index in [0.717, 1.165) is 22.5 Å². The van der Waals surface area contributed by atoms with Crippen LogP contribution in [0.4, 0.5) is 0 Å². The number of aliphatic imine (C=N–C) groups is 1. The topological polar surface area (TPSA) is 35.8 Å². The van der Waals surface area contributed by atoms with Crippen LogP contribution in [-0.2, 0) is 5.72 Å². The molecule has 0 saturated carbocycles. The van der Waals surface area contributed by atoms with Crippen molar-refractivity contribution in [3.05, 3.63) is 70.2 Å². The lowest BCUT2D eigenvalue weighted by Gasteiger charge is -2.34. The van der Waals surface area contributed by atoms with Crippen molar-refractivity contribution in [3.8, 4) is 0 Å². The average molecular weight is 285 g/mol. The summed E-state index contributed by atoms with van der Waals surface area (Å²) in [5.41, 5.74) is 1.49. The van der Waals surface area contributed by atoms with E-state index in [1.54, 1.807) is 0 Å². The van der Waals surface area contributed by atoms with Crippen molar-refractivity contribution in [2.45, 2.75) is 5.72 Å². The molecular formula is C16H13ClN2O. The first-order chi connectivity index (χ1) is 9.71. The molecule has 4 heteroatoms. The summed E-state index contributed by atoms with van der Waals surface area (Å²) in [5.74, 6) is 0.878. The number of hydrogen-bond acceptors (Lipinski definition) is 3. The minimum Gasteiger partial charge on any atom is -0.363 e. The average Bonchev–Trinajstić information content (AvgIpc) is 3.03. The molecule has 0 bridgehead atoms. The fourth-order valence-corrected chi connectivity index (χ4v) is 3.33. The number of aliphatic hydroxyl groups is 1. The summed E-state index contributed by atoms with van der Waals surface area (Å²) < 4.78 is 0. The molecule has 20 heavy (non-hydrogen) atoms. The van der Waals surface area contributed by atoms with Gasteiger partial charge in [0.2, 0.25) is 0 Å². The highest BCUT2D eigenvalue weighted by Crippen LogP contribution is 2.44. The van der Waals surface area contributed by atoms with Gasteiger partial charge in [0.25, 0.3) is 0 Å². The molecule has 2 aromatic rings. The van der Waals surface area contributed by atoms with E-state index in [-0.39, 0.29) is 0 Å². The van der Waals surface area contributed by atoms with Gasteiger partial charge in [-0.2, -0.15) is 0 Å². The largest absolute Gasteiger partial charge is 0.363 e. The van der Waals surface area contributed by atoms with Gasteiger partial charge in [-0.3, -0.25) is 4.99 Å². The van der Waals surface area contributed by atoms with Crippen LogP contribution in [0.25, 0.3) is 0 Å². The number of fused-ring (bicyclic) bond motifs is 3. The van der Waals surface area contributed by atoms with Crippen molar-refractivity contribution in [2.24, 2.45) is 4.99 Å². The quantitative estimate of drug-likeness (QED) is 0.874. The summed E-state index contributed by atoms with van der Waals surface area (Å²) in [5, 5.41) is 12.0. The van der Waals surface area contributed by atoms with E-state index in [1.807, 2.05) is 53.4 Å². The molecule has 100 valence electrons. The highest BCUT2D eigenvalue weighted by Gasteiger charge is 2.49. The zero-order chi connectivity index (χ0) is 13.7. The Morgan fingerprint density at radius 1 is 1.15 bits per heavy atom. The first kappa shape index (κ1) is 11.9. The van der Waals surface area contributed by atoms with Gasteiger partial charge in [0, 0.05) is 28.3 Å². The van der Waals surface area contributed by atoms with Gasteiger partial charge in [-0.1, -0.05) is 48.0 Å². The van der Waals surface area contributed by atoms with Crippen LogP contribution in [0.3, 0.4) is 0 Å². The zero-order valence-electron chi connectivity index (χ0n) is 10.8. The molecule has 0 amide bonds. The van der Waals surface area contributed by atoms with E-state index in [0.29, 0.717) is 18.1 Å². The van der Waals surface area contributed by atoms with Crippen LogP contribution >= 0.6 is 11.6 Å². The van der Waals surface area contributed by atoms with Crippen LogP contribution in [0.2, 0.25) is 5.02 Å². The molecule has 0 unspecified atom stereocenters. The normalized spacial score (nSPS) is 23.5. The fraction of sp³-hybridized carbons (Fsp3) is 0.188. The third kappa shape index (κ3) is 1.42. The molecule has 2 heterocycles. The number of benzene rings is 2.